The van der Waals surface area contributed by atoms with Crippen LogP contribution in [0.15, 0.2) is 12.1 Å². The highest BCUT2D eigenvalue weighted by Crippen LogP contribution is 2.39. The molecule has 1 aliphatic rings. The van der Waals surface area contributed by atoms with Gasteiger partial charge in [0.15, 0.2) is 11.5 Å². The van der Waals surface area contributed by atoms with Gasteiger partial charge in [-0.25, -0.2) is 0 Å². The van der Waals surface area contributed by atoms with Gasteiger partial charge in [-0.2, -0.15) is 0 Å². The van der Waals surface area contributed by atoms with E-state index in [0.29, 0.717) is 24.5 Å². The molecule has 2 N–H and O–H groups in total. The van der Waals surface area contributed by atoms with E-state index >= 15 is 0 Å². The van der Waals surface area contributed by atoms with Crippen molar-refractivity contribution in [1.82, 2.24) is 4.90 Å². The predicted octanol–water partition coefficient (Wildman–Crippen LogP) is 1.42. The van der Waals surface area contributed by atoms with Gasteiger partial charge in [-0.1, -0.05) is 6.92 Å². The highest BCUT2D eigenvalue weighted by Gasteiger charge is 2.32. The molecule has 6 nitrogen and oxygen atoms in total. The van der Waals surface area contributed by atoms with Crippen LogP contribution in [-0.4, -0.2) is 37.5 Å². The van der Waals surface area contributed by atoms with Crippen molar-refractivity contribution in [3.8, 4) is 11.5 Å². The average molecular weight is 306 g/mol. The highest BCUT2D eigenvalue weighted by atomic mass is 16.5. The van der Waals surface area contributed by atoms with Crippen molar-refractivity contribution < 1.29 is 19.1 Å². The number of benzene rings is 1. The third-order valence-corrected chi connectivity index (χ3v) is 4.02. The maximum Gasteiger partial charge on any atom is 0.222 e. The SMILES string of the molecule is CCC(=O)N1CCc2cc(OC)c(OC)cc2C1CC(N)=O. The average Bonchev–Trinajstić information content (AvgIpc) is 2.52. The minimum atomic E-state index is -0.429. The number of carbonyl (C=O) groups excluding carboxylic acids is 2. The normalized spacial score (nSPS) is 16.9. The van der Waals surface area contributed by atoms with Crippen LogP contribution in [0.5, 0.6) is 11.5 Å². The smallest absolute Gasteiger partial charge is 0.222 e. The Labute approximate surface area is 130 Å². The summed E-state index contributed by atoms with van der Waals surface area (Å²) in [7, 11) is 3.14. The van der Waals surface area contributed by atoms with Crippen LogP contribution in [0.1, 0.15) is 36.9 Å². The van der Waals surface area contributed by atoms with Gasteiger partial charge in [-0.15, -0.1) is 0 Å². The number of methoxy groups -OCH3 is 2. The Kier molecular flexibility index (Phi) is 4.90. The van der Waals surface area contributed by atoms with Gasteiger partial charge < -0.3 is 20.1 Å². The first kappa shape index (κ1) is 16.1. The lowest BCUT2D eigenvalue weighted by Gasteiger charge is -2.37. The maximum absolute atomic E-state index is 12.2. The Morgan fingerprint density at radius 2 is 1.91 bits per heavy atom. The summed E-state index contributed by atoms with van der Waals surface area (Å²) in [6, 6.07) is 3.42. The largest absolute Gasteiger partial charge is 0.493 e. The summed E-state index contributed by atoms with van der Waals surface area (Å²) < 4.78 is 10.6. The van der Waals surface area contributed by atoms with Crippen LogP contribution in [0.2, 0.25) is 0 Å². The molecule has 1 aromatic carbocycles. The molecule has 1 atom stereocenters. The number of rotatable bonds is 5. The fraction of sp³-hybridized carbons (Fsp3) is 0.500. The van der Waals surface area contributed by atoms with Crippen LogP contribution >= 0.6 is 0 Å². The second-order valence-electron chi connectivity index (χ2n) is 5.28. The summed E-state index contributed by atoms with van der Waals surface area (Å²) in [5.41, 5.74) is 7.34. The summed E-state index contributed by atoms with van der Waals surface area (Å²) in [5, 5.41) is 0. The molecule has 0 saturated carbocycles. The first-order valence-corrected chi connectivity index (χ1v) is 7.34. The lowest BCUT2D eigenvalue weighted by atomic mass is 9.89. The fourth-order valence-corrected chi connectivity index (χ4v) is 2.94. The minimum Gasteiger partial charge on any atom is -0.493 e. The van der Waals surface area contributed by atoms with E-state index in [2.05, 4.69) is 0 Å². The van der Waals surface area contributed by atoms with E-state index in [1.54, 1.807) is 19.1 Å². The molecule has 0 aliphatic carbocycles. The monoisotopic (exact) mass is 306 g/mol. The fourth-order valence-electron chi connectivity index (χ4n) is 2.94. The maximum atomic E-state index is 12.2. The second-order valence-corrected chi connectivity index (χ2v) is 5.28. The molecule has 1 aliphatic heterocycles. The number of ether oxygens (including phenoxy) is 2. The zero-order valence-corrected chi connectivity index (χ0v) is 13.2. The molecule has 22 heavy (non-hydrogen) atoms. The Morgan fingerprint density at radius 1 is 1.27 bits per heavy atom. The molecule has 1 unspecified atom stereocenters. The molecule has 0 radical (unpaired) electrons. The van der Waals surface area contributed by atoms with E-state index < -0.39 is 5.91 Å². The first-order valence-electron chi connectivity index (χ1n) is 7.34. The number of carbonyl (C=O) groups is 2. The molecular formula is C16H22N2O4. The minimum absolute atomic E-state index is 0.0201. The zero-order valence-electron chi connectivity index (χ0n) is 13.2. The Hall–Kier alpha value is -2.24. The Balaban J connectivity index is 2.49. The summed E-state index contributed by atoms with van der Waals surface area (Å²) in [6.07, 6.45) is 1.22. The molecule has 0 aromatic heterocycles. The van der Waals surface area contributed by atoms with Crippen molar-refractivity contribution in [3.05, 3.63) is 23.3 Å². The number of primary amides is 1. The lowest BCUT2D eigenvalue weighted by molar-refractivity contribution is -0.134. The predicted molar refractivity (Wildman–Crippen MR) is 81.8 cm³/mol. The van der Waals surface area contributed by atoms with Crippen molar-refractivity contribution in [3.63, 3.8) is 0 Å². The van der Waals surface area contributed by atoms with Crippen LogP contribution in [-0.2, 0) is 16.0 Å². The van der Waals surface area contributed by atoms with Crippen LogP contribution in [0, 0.1) is 0 Å². The number of nitrogens with zero attached hydrogens (tertiary/aromatic N) is 1. The molecule has 120 valence electrons. The van der Waals surface area contributed by atoms with Crippen molar-refractivity contribution in [1.29, 1.82) is 0 Å². The zero-order chi connectivity index (χ0) is 16.3. The van der Waals surface area contributed by atoms with Gasteiger partial charge in [0, 0.05) is 13.0 Å². The molecule has 2 amide bonds. The summed E-state index contributed by atoms with van der Waals surface area (Å²) in [4.78, 5) is 25.3. The van der Waals surface area contributed by atoms with Crippen molar-refractivity contribution in [2.45, 2.75) is 32.2 Å². The van der Waals surface area contributed by atoms with E-state index in [1.165, 1.54) is 0 Å². The number of nitrogens with two attached hydrogens (primary N) is 1. The van der Waals surface area contributed by atoms with E-state index in [4.69, 9.17) is 15.2 Å². The highest BCUT2D eigenvalue weighted by molar-refractivity contribution is 5.80. The van der Waals surface area contributed by atoms with E-state index in [0.717, 1.165) is 17.5 Å². The van der Waals surface area contributed by atoms with Gasteiger partial charge in [0.05, 0.1) is 26.7 Å². The summed E-state index contributed by atoms with van der Waals surface area (Å²) in [5.74, 6) is 0.823. The molecule has 0 bridgehead atoms. The number of amides is 2. The molecule has 6 heteroatoms. The molecule has 1 heterocycles. The molecular weight excluding hydrogens is 284 g/mol. The Bertz CT molecular complexity index is 586. The van der Waals surface area contributed by atoms with Gasteiger partial charge in [-0.3, -0.25) is 9.59 Å². The van der Waals surface area contributed by atoms with Crippen molar-refractivity contribution in [2.75, 3.05) is 20.8 Å². The number of hydrogen-bond acceptors (Lipinski definition) is 4. The molecule has 0 saturated heterocycles. The van der Waals surface area contributed by atoms with E-state index in [9.17, 15) is 9.59 Å². The van der Waals surface area contributed by atoms with Gasteiger partial charge in [-0.05, 0) is 29.7 Å². The Morgan fingerprint density at radius 3 is 2.45 bits per heavy atom. The quantitative estimate of drug-likeness (QED) is 0.892. The van der Waals surface area contributed by atoms with Gasteiger partial charge in [0.2, 0.25) is 11.8 Å². The van der Waals surface area contributed by atoms with Gasteiger partial charge in [0.25, 0.3) is 0 Å². The van der Waals surface area contributed by atoms with Crippen LogP contribution in [0.4, 0.5) is 0 Å². The molecule has 1 aromatic rings. The summed E-state index contributed by atoms with van der Waals surface area (Å²) in [6.45, 7) is 2.39. The second kappa shape index (κ2) is 6.68. The first-order chi connectivity index (χ1) is 10.5. The third-order valence-electron chi connectivity index (χ3n) is 4.02. The lowest BCUT2D eigenvalue weighted by Crippen LogP contribution is -2.41. The van der Waals surface area contributed by atoms with Crippen LogP contribution < -0.4 is 15.2 Å². The number of fused-ring (bicyclic) bond motifs is 1. The topological polar surface area (TPSA) is 81.9 Å². The molecule has 2 rings (SSSR count). The summed E-state index contributed by atoms with van der Waals surface area (Å²) >= 11 is 0. The molecule has 0 fully saturated rings. The van der Waals surface area contributed by atoms with Crippen LogP contribution in [0.25, 0.3) is 0 Å². The molecule has 0 spiro atoms. The standard InChI is InChI=1S/C16H22N2O4/c1-4-16(20)18-6-5-10-7-13(21-2)14(22-3)8-11(10)12(18)9-15(17)19/h7-8,12H,4-6,9H2,1-3H3,(H2,17,19). The van der Waals surface area contributed by atoms with E-state index in [1.807, 2.05) is 19.1 Å². The third kappa shape index (κ3) is 3.00. The van der Waals surface area contributed by atoms with Crippen molar-refractivity contribution >= 4 is 11.8 Å². The van der Waals surface area contributed by atoms with E-state index in [-0.39, 0.29) is 18.4 Å². The van der Waals surface area contributed by atoms with Gasteiger partial charge in [0.1, 0.15) is 0 Å². The van der Waals surface area contributed by atoms with Crippen LogP contribution in [0.3, 0.4) is 0 Å². The number of hydrogen-bond donors (Lipinski definition) is 1. The van der Waals surface area contributed by atoms with Gasteiger partial charge >= 0.3 is 0 Å². The van der Waals surface area contributed by atoms with Crippen molar-refractivity contribution in [2.24, 2.45) is 5.73 Å².